The predicted octanol–water partition coefficient (Wildman–Crippen LogP) is 8.29. The molecule has 0 radical (unpaired) electrons. The Bertz CT molecular complexity index is 2520. The summed E-state index contributed by atoms with van der Waals surface area (Å²) in [5.74, 6) is 0.614. The summed E-state index contributed by atoms with van der Waals surface area (Å²) in [7, 11) is 0.850. The number of aromatic nitrogens is 3. The summed E-state index contributed by atoms with van der Waals surface area (Å²) in [6, 6.07) is 38.7. The maximum absolute atomic E-state index is 15.4. The number of aliphatic hydroxyl groups excluding tert-OH is 1. The van der Waals surface area contributed by atoms with Gasteiger partial charge in [-0.05, 0) is 89.8 Å². The SMILES string of the molecule is COc1ccc(C(=O)Nc2cccc(CN3C(=O)[C@]4(O[C@H](CCn5cc(C(CO)c6ccccc6)nn5)[C@@H]([Si](C)(C)c5ccc(OC)cc5)[C@@H]4C)c4cc(Br)ccc43)c2)cc1. The molecule has 2 N–H and O–H groups in total. The zero-order valence-electron chi connectivity index (χ0n) is 34.9. The van der Waals surface area contributed by atoms with E-state index in [1.165, 1.54) is 5.19 Å². The number of ether oxygens (including phenoxy) is 3. The van der Waals surface area contributed by atoms with E-state index in [2.05, 4.69) is 63.7 Å². The van der Waals surface area contributed by atoms with E-state index >= 15 is 4.79 Å². The first kappa shape index (κ1) is 42.1. The van der Waals surface area contributed by atoms with Crippen molar-refractivity contribution in [2.75, 3.05) is 31.0 Å². The highest BCUT2D eigenvalue weighted by molar-refractivity contribution is 9.10. The molecule has 314 valence electrons. The Labute approximate surface area is 365 Å². The van der Waals surface area contributed by atoms with Crippen molar-refractivity contribution in [3.05, 3.63) is 160 Å². The monoisotopic (exact) mass is 899 g/mol. The fraction of sp³-hybridized carbons (Fsp3) is 0.292. The lowest BCUT2D eigenvalue weighted by Crippen LogP contribution is -2.51. The summed E-state index contributed by atoms with van der Waals surface area (Å²) in [5.41, 5.74) is 4.06. The van der Waals surface area contributed by atoms with Gasteiger partial charge < -0.3 is 29.5 Å². The van der Waals surface area contributed by atoms with Crippen LogP contribution in [-0.2, 0) is 28.2 Å². The minimum absolute atomic E-state index is 0.0191. The van der Waals surface area contributed by atoms with Crippen LogP contribution in [0.3, 0.4) is 0 Å². The number of anilines is 2. The molecular weight excluding hydrogens is 851 g/mol. The van der Waals surface area contributed by atoms with Crippen LogP contribution in [-0.4, -0.2) is 66.9 Å². The molecule has 3 heterocycles. The van der Waals surface area contributed by atoms with E-state index in [4.69, 9.17) is 14.2 Å². The number of fused-ring (bicyclic) bond motifs is 2. The van der Waals surface area contributed by atoms with Gasteiger partial charge in [-0.25, -0.2) is 0 Å². The smallest absolute Gasteiger partial charge is 0.264 e. The van der Waals surface area contributed by atoms with Gasteiger partial charge in [-0.2, -0.15) is 0 Å². The van der Waals surface area contributed by atoms with E-state index in [-0.39, 0.29) is 48.4 Å². The van der Waals surface area contributed by atoms with Crippen LogP contribution in [0.15, 0.2) is 132 Å². The summed E-state index contributed by atoms with van der Waals surface area (Å²) in [6.07, 6.45) is 2.20. The number of nitrogens with zero attached hydrogens (tertiary/aromatic N) is 4. The molecule has 13 heteroatoms. The number of amides is 2. The Morgan fingerprint density at radius 3 is 2.33 bits per heavy atom. The molecule has 0 saturated carbocycles. The van der Waals surface area contributed by atoms with Crippen molar-refractivity contribution in [3.8, 4) is 11.5 Å². The molecule has 6 aromatic rings. The summed E-state index contributed by atoms with van der Waals surface area (Å²) in [5, 5.41) is 23.6. The molecule has 2 aliphatic heterocycles. The molecule has 0 bridgehead atoms. The lowest BCUT2D eigenvalue weighted by Gasteiger charge is -2.37. The van der Waals surface area contributed by atoms with E-state index < -0.39 is 13.7 Å². The molecule has 11 nitrogen and oxygen atoms in total. The van der Waals surface area contributed by atoms with Gasteiger partial charge in [-0.15, -0.1) is 5.10 Å². The standard InChI is InChI=1S/C48H50BrN5O6Si/c1-31-45(61(4,5)39-21-19-38(59-3)20-22-39)44(24-25-53-29-42(51-52-53)40(30-55)33-11-7-6-8-12-33)60-48(31)41-27-35(49)16-23-43(41)54(47(48)57)28-32-10-9-13-36(26-32)50-46(56)34-14-17-37(58-2)18-15-34/h6-23,26-27,29,31,40,44-45,55H,24-25,28,30H2,1-5H3,(H,50,56)/t31-,40?,44+,45-,48+/m0/s1. The molecular formula is C48H50BrN5O6Si. The molecule has 1 saturated heterocycles. The number of halogens is 1. The fourth-order valence-corrected chi connectivity index (χ4v) is 13.9. The molecule has 1 aromatic heterocycles. The predicted molar refractivity (Wildman–Crippen MR) is 242 cm³/mol. The second kappa shape index (κ2) is 17.4. The van der Waals surface area contributed by atoms with Crippen LogP contribution in [0.5, 0.6) is 11.5 Å². The quantitative estimate of drug-likeness (QED) is 0.105. The zero-order valence-corrected chi connectivity index (χ0v) is 37.5. The number of nitrogens with one attached hydrogen (secondary N) is 1. The number of rotatable bonds is 14. The first-order chi connectivity index (χ1) is 29.5. The fourth-order valence-electron chi connectivity index (χ4n) is 9.49. The minimum Gasteiger partial charge on any atom is -0.497 e. The number of methoxy groups -OCH3 is 2. The van der Waals surface area contributed by atoms with Gasteiger partial charge in [0.15, 0.2) is 5.60 Å². The first-order valence-corrected chi connectivity index (χ1v) is 24.4. The van der Waals surface area contributed by atoms with Crippen LogP contribution >= 0.6 is 15.9 Å². The lowest BCUT2D eigenvalue weighted by atomic mass is 9.82. The van der Waals surface area contributed by atoms with E-state index in [0.717, 1.165) is 32.6 Å². The second-order valence-corrected chi connectivity index (χ2v) is 22.0. The Hall–Kier alpha value is -5.60. The number of hydrogen-bond donors (Lipinski definition) is 2. The Kier molecular flexibility index (Phi) is 12.0. The van der Waals surface area contributed by atoms with Crippen molar-refractivity contribution >= 4 is 52.4 Å². The highest BCUT2D eigenvalue weighted by Gasteiger charge is 2.66. The van der Waals surface area contributed by atoms with E-state index in [9.17, 15) is 9.90 Å². The highest BCUT2D eigenvalue weighted by Crippen LogP contribution is 2.60. The molecule has 5 atom stereocenters. The number of aliphatic hydroxyl groups is 1. The van der Waals surface area contributed by atoms with Gasteiger partial charge in [0.2, 0.25) is 0 Å². The molecule has 0 aliphatic carbocycles. The van der Waals surface area contributed by atoms with Gasteiger partial charge in [0.05, 0.1) is 58.8 Å². The summed E-state index contributed by atoms with van der Waals surface area (Å²) in [6.45, 7) is 7.62. The number of aryl methyl sites for hydroxylation is 1. The third kappa shape index (κ3) is 8.03. The zero-order chi connectivity index (χ0) is 42.9. The molecule has 5 aromatic carbocycles. The molecule has 2 amide bonds. The third-order valence-corrected chi connectivity index (χ3v) is 17.5. The largest absolute Gasteiger partial charge is 0.497 e. The van der Waals surface area contributed by atoms with Gasteiger partial charge in [0, 0.05) is 39.9 Å². The van der Waals surface area contributed by atoms with Gasteiger partial charge in [-0.3, -0.25) is 14.3 Å². The number of carbonyl (C=O) groups is 2. The summed E-state index contributed by atoms with van der Waals surface area (Å²) in [4.78, 5) is 30.5. The Balaban J connectivity index is 1.11. The summed E-state index contributed by atoms with van der Waals surface area (Å²) < 4.78 is 20.8. The average Bonchev–Trinajstić information content (AvgIpc) is 3.93. The second-order valence-electron chi connectivity index (χ2n) is 16.4. The Morgan fingerprint density at radius 2 is 1.64 bits per heavy atom. The summed E-state index contributed by atoms with van der Waals surface area (Å²) >= 11 is 3.73. The third-order valence-electron chi connectivity index (χ3n) is 12.6. The lowest BCUT2D eigenvalue weighted by molar-refractivity contribution is -0.146. The molecule has 8 rings (SSSR count). The highest BCUT2D eigenvalue weighted by atomic mass is 79.9. The van der Waals surface area contributed by atoms with Crippen molar-refractivity contribution in [2.45, 2.75) is 62.7 Å². The van der Waals surface area contributed by atoms with Crippen LogP contribution in [0.4, 0.5) is 11.4 Å². The van der Waals surface area contributed by atoms with Crippen LogP contribution in [0, 0.1) is 5.92 Å². The maximum Gasteiger partial charge on any atom is 0.264 e. The number of hydrogen-bond acceptors (Lipinski definition) is 8. The molecule has 61 heavy (non-hydrogen) atoms. The average molecular weight is 901 g/mol. The number of benzene rings is 5. The Morgan fingerprint density at radius 1 is 0.934 bits per heavy atom. The topological polar surface area (TPSA) is 128 Å². The molecule has 1 fully saturated rings. The van der Waals surface area contributed by atoms with E-state index in [0.29, 0.717) is 35.7 Å². The van der Waals surface area contributed by atoms with Crippen LogP contribution in [0.2, 0.25) is 18.6 Å². The van der Waals surface area contributed by atoms with Crippen molar-refractivity contribution < 1.29 is 28.9 Å². The van der Waals surface area contributed by atoms with Gasteiger partial charge in [0.25, 0.3) is 11.8 Å². The van der Waals surface area contributed by atoms with Crippen molar-refractivity contribution in [3.63, 3.8) is 0 Å². The van der Waals surface area contributed by atoms with E-state index in [1.54, 1.807) is 38.5 Å². The molecule has 2 aliphatic rings. The van der Waals surface area contributed by atoms with Crippen LogP contribution in [0.25, 0.3) is 0 Å². The minimum atomic E-state index is -2.41. The molecule has 1 unspecified atom stereocenters. The number of carbonyl (C=O) groups excluding carboxylic acids is 2. The first-order valence-electron chi connectivity index (χ1n) is 20.5. The van der Waals surface area contributed by atoms with Crippen molar-refractivity contribution in [1.82, 2.24) is 15.0 Å². The van der Waals surface area contributed by atoms with Crippen LogP contribution < -0.4 is 24.9 Å². The molecule has 1 spiro atoms. The van der Waals surface area contributed by atoms with Crippen LogP contribution in [0.1, 0.15) is 52.0 Å². The van der Waals surface area contributed by atoms with Crippen molar-refractivity contribution in [2.24, 2.45) is 5.92 Å². The maximum atomic E-state index is 15.4. The normalized spacial score (nSPS) is 20.1. The van der Waals surface area contributed by atoms with Gasteiger partial charge in [0.1, 0.15) is 11.5 Å². The van der Waals surface area contributed by atoms with Gasteiger partial charge >= 0.3 is 0 Å². The van der Waals surface area contributed by atoms with Gasteiger partial charge in [-0.1, -0.05) is 101 Å². The van der Waals surface area contributed by atoms with E-state index in [1.807, 2.05) is 101 Å². The van der Waals surface area contributed by atoms with Crippen molar-refractivity contribution in [1.29, 1.82) is 0 Å².